The van der Waals surface area contributed by atoms with Crippen LogP contribution in [0.2, 0.25) is 0 Å². The van der Waals surface area contributed by atoms with Crippen molar-refractivity contribution in [2.75, 3.05) is 43.5 Å². The van der Waals surface area contributed by atoms with Gasteiger partial charge in [0.15, 0.2) is 0 Å². The Kier molecular flexibility index (Phi) is 8.11. The first-order chi connectivity index (χ1) is 20.4. The molecule has 2 aliphatic heterocycles. The minimum atomic E-state index is -0.385. The molecule has 0 saturated carbocycles. The standard InChI is InChI=1S/C31H32N8O2S/c1-38(2)27-8-7-22(19-34-27)28-23(15-21-5-3-4-6-25(21)36-28)18-32-17-20-10-13-39(14-11-20)30-33-12-9-24(35-30)16-26-29(40)37-31(41)42-26/h3-9,12,15-16,19-20,32H,10-11,13-14,17-18H2,1-2H3,(H,37,40,41)/b26-16+. The smallest absolute Gasteiger partial charge is 0.290 e. The van der Waals surface area contributed by atoms with E-state index in [9.17, 15) is 9.59 Å². The van der Waals surface area contributed by atoms with Gasteiger partial charge in [-0.05, 0) is 79.0 Å². The number of pyridine rings is 2. The van der Waals surface area contributed by atoms with Gasteiger partial charge < -0.3 is 15.1 Å². The van der Waals surface area contributed by atoms with Gasteiger partial charge in [-0.1, -0.05) is 18.2 Å². The maximum Gasteiger partial charge on any atom is 0.290 e. The molecule has 0 unspecified atom stereocenters. The Hall–Kier alpha value is -4.35. The Morgan fingerprint density at radius 3 is 2.64 bits per heavy atom. The summed E-state index contributed by atoms with van der Waals surface area (Å²) in [6.45, 7) is 3.33. The number of amides is 2. The Morgan fingerprint density at radius 1 is 1.07 bits per heavy atom. The molecule has 2 aliphatic rings. The van der Waals surface area contributed by atoms with Crippen molar-refractivity contribution >= 4 is 51.7 Å². The number of rotatable bonds is 8. The molecule has 0 radical (unpaired) electrons. The van der Waals surface area contributed by atoms with E-state index in [1.807, 2.05) is 49.5 Å². The highest BCUT2D eigenvalue weighted by Gasteiger charge is 2.26. The van der Waals surface area contributed by atoms with Crippen molar-refractivity contribution in [1.82, 2.24) is 30.6 Å². The molecule has 2 fully saturated rings. The number of benzene rings is 1. The maximum atomic E-state index is 11.9. The molecule has 4 aromatic rings. The first kappa shape index (κ1) is 27.8. The van der Waals surface area contributed by atoms with Crippen LogP contribution in [-0.2, 0) is 11.3 Å². The summed E-state index contributed by atoms with van der Waals surface area (Å²) in [5.74, 6) is 1.71. The van der Waals surface area contributed by atoms with Gasteiger partial charge in [0.05, 0.1) is 21.8 Å². The predicted molar refractivity (Wildman–Crippen MR) is 167 cm³/mol. The van der Waals surface area contributed by atoms with Crippen LogP contribution in [0, 0.1) is 5.92 Å². The molecule has 0 spiro atoms. The Labute approximate surface area is 248 Å². The van der Waals surface area contributed by atoms with E-state index in [0.717, 1.165) is 84.3 Å². The molecule has 42 heavy (non-hydrogen) atoms. The summed E-state index contributed by atoms with van der Waals surface area (Å²) >= 11 is 0.889. The highest BCUT2D eigenvalue weighted by atomic mass is 32.2. The molecular weight excluding hydrogens is 548 g/mol. The predicted octanol–water partition coefficient (Wildman–Crippen LogP) is 4.48. The van der Waals surface area contributed by atoms with Crippen LogP contribution in [0.5, 0.6) is 0 Å². The zero-order valence-corrected chi connectivity index (χ0v) is 24.4. The van der Waals surface area contributed by atoms with Crippen molar-refractivity contribution in [3.63, 3.8) is 0 Å². The van der Waals surface area contributed by atoms with Crippen LogP contribution in [0.3, 0.4) is 0 Å². The van der Waals surface area contributed by atoms with Crippen LogP contribution < -0.4 is 20.4 Å². The van der Waals surface area contributed by atoms with Crippen LogP contribution in [0.25, 0.3) is 28.2 Å². The number of fused-ring (bicyclic) bond motifs is 1. The molecule has 0 atom stereocenters. The third-order valence-electron chi connectivity index (χ3n) is 7.51. The van der Waals surface area contributed by atoms with Gasteiger partial charge >= 0.3 is 0 Å². The van der Waals surface area contributed by atoms with Crippen molar-refractivity contribution < 1.29 is 9.59 Å². The molecule has 1 aromatic carbocycles. The third-order valence-corrected chi connectivity index (χ3v) is 8.32. The maximum absolute atomic E-state index is 11.9. The number of carbonyl (C=O) groups is 2. The van der Waals surface area contributed by atoms with Crippen LogP contribution in [0.4, 0.5) is 16.6 Å². The van der Waals surface area contributed by atoms with Crippen molar-refractivity contribution in [2.24, 2.45) is 5.92 Å². The van der Waals surface area contributed by atoms with E-state index in [1.165, 1.54) is 0 Å². The fourth-order valence-corrected chi connectivity index (χ4v) is 5.90. The average molecular weight is 581 g/mol. The molecule has 10 nitrogen and oxygen atoms in total. The Morgan fingerprint density at radius 2 is 1.90 bits per heavy atom. The van der Waals surface area contributed by atoms with Crippen LogP contribution in [0.1, 0.15) is 24.1 Å². The number of aromatic nitrogens is 4. The van der Waals surface area contributed by atoms with Gasteiger partial charge in [-0.25, -0.2) is 19.9 Å². The highest BCUT2D eigenvalue weighted by Crippen LogP contribution is 2.28. The topological polar surface area (TPSA) is 116 Å². The first-order valence-electron chi connectivity index (χ1n) is 14.0. The Bertz CT molecular complexity index is 1650. The molecule has 2 saturated heterocycles. The first-order valence-corrected chi connectivity index (χ1v) is 14.8. The number of carbonyl (C=O) groups excluding carboxylic acids is 2. The lowest BCUT2D eigenvalue weighted by Crippen LogP contribution is -2.38. The molecule has 2 amide bonds. The summed E-state index contributed by atoms with van der Waals surface area (Å²) in [5, 5.41) is 6.73. The molecule has 0 bridgehead atoms. The summed E-state index contributed by atoms with van der Waals surface area (Å²) in [6.07, 6.45) is 7.27. The van der Waals surface area contributed by atoms with Crippen LogP contribution in [-0.4, -0.2) is 64.8 Å². The molecule has 2 N–H and O–H groups in total. The number of thioether (sulfide) groups is 1. The number of imide groups is 1. The second kappa shape index (κ2) is 12.3. The molecule has 3 aromatic heterocycles. The van der Waals surface area contributed by atoms with Gasteiger partial charge in [-0.15, -0.1) is 0 Å². The number of hydrogen-bond donors (Lipinski definition) is 2. The number of hydrogen-bond acceptors (Lipinski definition) is 10. The van der Waals surface area contributed by atoms with E-state index < -0.39 is 0 Å². The second-order valence-electron chi connectivity index (χ2n) is 10.7. The average Bonchev–Trinajstić information content (AvgIpc) is 3.33. The van der Waals surface area contributed by atoms with Gasteiger partial charge in [-0.2, -0.15) is 0 Å². The lowest BCUT2D eigenvalue weighted by atomic mass is 9.96. The Balaban J connectivity index is 1.08. The van der Waals surface area contributed by atoms with Crippen molar-refractivity contribution in [3.8, 4) is 11.3 Å². The summed E-state index contributed by atoms with van der Waals surface area (Å²) in [7, 11) is 3.97. The molecule has 6 rings (SSSR count). The van der Waals surface area contributed by atoms with Gasteiger partial charge in [-0.3, -0.25) is 14.9 Å². The monoisotopic (exact) mass is 580 g/mol. The number of para-hydroxylation sites is 1. The van der Waals surface area contributed by atoms with Crippen molar-refractivity contribution in [2.45, 2.75) is 19.4 Å². The molecular formula is C31H32N8O2S. The molecule has 11 heteroatoms. The number of nitrogens with zero attached hydrogens (tertiary/aromatic N) is 6. The van der Waals surface area contributed by atoms with Crippen LogP contribution >= 0.6 is 11.8 Å². The second-order valence-corrected chi connectivity index (χ2v) is 11.7. The number of nitrogens with one attached hydrogen (secondary N) is 2. The zero-order valence-electron chi connectivity index (χ0n) is 23.6. The minimum Gasteiger partial charge on any atom is -0.363 e. The van der Waals surface area contributed by atoms with Gasteiger partial charge in [0.2, 0.25) is 5.95 Å². The minimum absolute atomic E-state index is 0.348. The van der Waals surface area contributed by atoms with Crippen molar-refractivity contribution in [3.05, 3.63) is 77.1 Å². The van der Waals surface area contributed by atoms with E-state index in [4.69, 9.17) is 4.98 Å². The van der Waals surface area contributed by atoms with E-state index in [2.05, 4.69) is 48.7 Å². The van der Waals surface area contributed by atoms with E-state index in [1.54, 1.807) is 18.3 Å². The number of piperidine rings is 1. The summed E-state index contributed by atoms with van der Waals surface area (Å²) in [4.78, 5) is 46.6. The third kappa shape index (κ3) is 6.27. The molecule has 0 aliphatic carbocycles. The van der Waals surface area contributed by atoms with Crippen molar-refractivity contribution in [1.29, 1.82) is 0 Å². The summed E-state index contributed by atoms with van der Waals surface area (Å²) in [6, 6.07) is 16.3. The van der Waals surface area contributed by atoms with E-state index in [0.29, 0.717) is 22.5 Å². The fourth-order valence-electron chi connectivity index (χ4n) is 5.23. The quantitative estimate of drug-likeness (QED) is 0.289. The summed E-state index contributed by atoms with van der Waals surface area (Å²) in [5.41, 5.74) is 4.71. The lowest BCUT2D eigenvalue weighted by molar-refractivity contribution is -0.115. The number of anilines is 2. The fraction of sp³-hybridized carbons (Fsp3) is 0.290. The largest absolute Gasteiger partial charge is 0.363 e. The summed E-state index contributed by atoms with van der Waals surface area (Å²) < 4.78 is 0. The van der Waals surface area contributed by atoms with Gasteiger partial charge in [0, 0.05) is 57.1 Å². The SMILES string of the molecule is CN(C)c1ccc(-c2nc3ccccc3cc2CNCC2CCN(c3nccc(/C=C4/SC(=O)NC4=O)n3)CC2)cn1. The normalized spacial score (nSPS) is 16.8. The highest BCUT2D eigenvalue weighted by molar-refractivity contribution is 8.18. The van der Waals surface area contributed by atoms with E-state index >= 15 is 0 Å². The lowest BCUT2D eigenvalue weighted by Gasteiger charge is -2.32. The zero-order chi connectivity index (χ0) is 29.1. The van der Waals surface area contributed by atoms with Gasteiger partial charge in [0.25, 0.3) is 11.1 Å². The van der Waals surface area contributed by atoms with E-state index in [-0.39, 0.29) is 11.1 Å². The van der Waals surface area contributed by atoms with Gasteiger partial charge in [0.1, 0.15) is 5.82 Å². The van der Waals surface area contributed by atoms with Crippen LogP contribution in [0.15, 0.2) is 65.8 Å². The molecule has 5 heterocycles. The molecule has 214 valence electrons.